The van der Waals surface area contributed by atoms with Crippen LogP contribution < -0.4 is 5.32 Å². The number of carbonyl (C=O) groups excluding carboxylic acids is 1. The summed E-state index contributed by atoms with van der Waals surface area (Å²) < 4.78 is 43.8. The van der Waals surface area contributed by atoms with Crippen LogP contribution in [-0.4, -0.2) is 69.7 Å². The summed E-state index contributed by atoms with van der Waals surface area (Å²) >= 11 is 0. The molecule has 1 N–H and O–H groups in total. The fraction of sp³-hybridized carbons (Fsp3) is 0.706. The predicted octanol–water partition coefficient (Wildman–Crippen LogP) is 2.60. The van der Waals surface area contributed by atoms with Crippen molar-refractivity contribution in [2.24, 2.45) is 0 Å². The van der Waals surface area contributed by atoms with Crippen molar-refractivity contribution in [3.8, 4) is 0 Å². The van der Waals surface area contributed by atoms with Gasteiger partial charge in [-0.15, -0.1) is 0 Å². The van der Waals surface area contributed by atoms with Gasteiger partial charge in [0, 0.05) is 44.5 Å². The van der Waals surface area contributed by atoms with Crippen molar-refractivity contribution in [1.29, 1.82) is 0 Å². The highest BCUT2D eigenvalue weighted by Crippen LogP contribution is 2.29. The van der Waals surface area contributed by atoms with Gasteiger partial charge in [0.1, 0.15) is 11.3 Å². The average molecular weight is 387 g/mol. The molecule has 2 saturated heterocycles. The number of amides is 1. The number of rotatable bonds is 2. The van der Waals surface area contributed by atoms with Crippen LogP contribution in [0.2, 0.25) is 0 Å². The van der Waals surface area contributed by atoms with E-state index in [2.05, 4.69) is 20.2 Å². The third kappa shape index (κ3) is 5.00. The number of nitrogens with one attached hydrogen (secondary N) is 1. The molecular formula is C17H24F3N5O2. The number of carbonyl (C=O) groups is 1. The van der Waals surface area contributed by atoms with Crippen molar-refractivity contribution in [2.75, 3.05) is 31.5 Å². The molecule has 150 valence electrons. The maximum Gasteiger partial charge on any atom is 0.433 e. The normalized spacial score (nSPS) is 23.9. The van der Waals surface area contributed by atoms with Crippen molar-refractivity contribution in [3.63, 3.8) is 0 Å². The van der Waals surface area contributed by atoms with E-state index >= 15 is 0 Å². The van der Waals surface area contributed by atoms with E-state index in [4.69, 9.17) is 4.74 Å². The Balaban J connectivity index is 1.58. The lowest BCUT2D eigenvalue weighted by Crippen LogP contribution is -2.53. The molecule has 1 aromatic heterocycles. The van der Waals surface area contributed by atoms with E-state index in [9.17, 15) is 18.0 Å². The lowest BCUT2D eigenvalue weighted by molar-refractivity contribution is -0.141. The van der Waals surface area contributed by atoms with Gasteiger partial charge in [-0.2, -0.15) is 13.2 Å². The quantitative estimate of drug-likeness (QED) is 0.841. The average Bonchev–Trinajstić information content (AvgIpc) is 2.94. The van der Waals surface area contributed by atoms with Crippen LogP contribution in [-0.2, 0) is 10.9 Å². The molecule has 7 nitrogen and oxygen atoms in total. The fourth-order valence-electron chi connectivity index (χ4n) is 3.41. The molecule has 10 heteroatoms. The van der Waals surface area contributed by atoms with Gasteiger partial charge in [-0.1, -0.05) is 0 Å². The molecule has 2 aliphatic heterocycles. The van der Waals surface area contributed by atoms with E-state index in [0.717, 1.165) is 12.3 Å². The minimum atomic E-state index is -4.50. The second-order valence-electron chi connectivity index (χ2n) is 7.92. The van der Waals surface area contributed by atoms with Crippen LogP contribution in [0.4, 0.5) is 23.9 Å². The summed E-state index contributed by atoms with van der Waals surface area (Å²) in [4.78, 5) is 23.6. The van der Waals surface area contributed by atoms with E-state index in [-0.39, 0.29) is 24.1 Å². The molecule has 2 fully saturated rings. The molecule has 1 aromatic rings. The number of ether oxygens (including phenoxy) is 1. The van der Waals surface area contributed by atoms with Crippen molar-refractivity contribution in [3.05, 3.63) is 18.0 Å². The summed E-state index contributed by atoms with van der Waals surface area (Å²) in [5.74, 6) is -0.0290. The molecule has 0 radical (unpaired) electrons. The van der Waals surface area contributed by atoms with E-state index in [0.29, 0.717) is 32.6 Å². The van der Waals surface area contributed by atoms with Crippen LogP contribution in [0.5, 0.6) is 0 Å². The molecule has 0 aliphatic carbocycles. The topological polar surface area (TPSA) is 70.6 Å². The second-order valence-corrected chi connectivity index (χ2v) is 7.92. The van der Waals surface area contributed by atoms with Gasteiger partial charge in [0.05, 0.1) is 0 Å². The molecular weight excluding hydrogens is 363 g/mol. The van der Waals surface area contributed by atoms with Gasteiger partial charge in [0.25, 0.3) is 0 Å². The van der Waals surface area contributed by atoms with Crippen molar-refractivity contribution < 1.29 is 22.7 Å². The van der Waals surface area contributed by atoms with Crippen LogP contribution in [0.3, 0.4) is 0 Å². The number of hydrogen-bond acceptors (Lipinski definition) is 6. The standard InChI is InChI=1S/C17H24F3N5O2/c1-16(2,3)27-15(26)25-7-6-24-9-11(8-12(24)10-25)22-14-21-5-4-13(23-14)17(18,19)20/h4-5,11-12H,6-10H2,1-3H3,(H,21,22,23)/t11-,12-/m0/s1. The Bertz CT molecular complexity index is 692. The minimum absolute atomic E-state index is 0.0290. The predicted molar refractivity (Wildman–Crippen MR) is 92.2 cm³/mol. The molecule has 1 amide bonds. The minimum Gasteiger partial charge on any atom is -0.444 e. The first-order valence-electron chi connectivity index (χ1n) is 8.90. The highest BCUT2D eigenvalue weighted by atomic mass is 19.4. The largest absolute Gasteiger partial charge is 0.444 e. The summed E-state index contributed by atoms with van der Waals surface area (Å²) in [7, 11) is 0. The third-order valence-corrected chi connectivity index (χ3v) is 4.55. The maximum absolute atomic E-state index is 12.8. The highest BCUT2D eigenvalue weighted by Gasteiger charge is 2.39. The summed E-state index contributed by atoms with van der Waals surface area (Å²) in [6.07, 6.45) is -3.04. The zero-order valence-electron chi connectivity index (χ0n) is 15.6. The third-order valence-electron chi connectivity index (χ3n) is 4.55. The summed E-state index contributed by atoms with van der Waals surface area (Å²) in [6.45, 7) is 7.95. The second kappa shape index (κ2) is 7.14. The van der Waals surface area contributed by atoms with Crippen molar-refractivity contribution in [1.82, 2.24) is 19.8 Å². The summed E-state index contributed by atoms with van der Waals surface area (Å²) in [5.41, 5.74) is -1.51. The summed E-state index contributed by atoms with van der Waals surface area (Å²) in [5, 5.41) is 2.99. The molecule has 0 unspecified atom stereocenters. The smallest absolute Gasteiger partial charge is 0.433 e. The van der Waals surface area contributed by atoms with E-state index in [1.54, 1.807) is 4.90 Å². The fourth-order valence-corrected chi connectivity index (χ4v) is 3.41. The number of fused-ring (bicyclic) bond motifs is 1. The van der Waals surface area contributed by atoms with Crippen LogP contribution in [0, 0.1) is 0 Å². The number of piperazine rings is 1. The number of halogens is 3. The molecule has 0 saturated carbocycles. The molecule has 2 atom stereocenters. The van der Waals surface area contributed by atoms with Crippen LogP contribution in [0.15, 0.2) is 12.3 Å². The molecule has 27 heavy (non-hydrogen) atoms. The number of nitrogens with zero attached hydrogens (tertiary/aromatic N) is 4. The number of hydrogen-bond donors (Lipinski definition) is 1. The number of anilines is 1. The first kappa shape index (κ1) is 19.7. The van der Waals surface area contributed by atoms with Gasteiger partial charge in [-0.25, -0.2) is 14.8 Å². The first-order valence-corrected chi connectivity index (χ1v) is 8.90. The SMILES string of the molecule is CC(C)(C)OC(=O)N1CCN2C[C@@H](Nc3nccc(C(F)(F)F)n3)C[C@H]2C1. The Morgan fingerprint density at radius 3 is 2.67 bits per heavy atom. The molecule has 0 bridgehead atoms. The zero-order chi connectivity index (χ0) is 19.8. The van der Waals surface area contributed by atoms with Gasteiger partial charge in [0.15, 0.2) is 0 Å². The lowest BCUT2D eigenvalue weighted by Gasteiger charge is -2.37. The Morgan fingerprint density at radius 2 is 2.00 bits per heavy atom. The number of aromatic nitrogens is 2. The van der Waals surface area contributed by atoms with Crippen LogP contribution in [0.25, 0.3) is 0 Å². The Kier molecular flexibility index (Phi) is 5.20. The van der Waals surface area contributed by atoms with Gasteiger partial charge >= 0.3 is 12.3 Å². The van der Waals surface area contributed by atoms with E-state index in [1.165, 1.54) is 0 Å². The van der Waals surface area contributed by atoms with Crippen molar-refractivity contribution in [2.45, 2.75) is 51.1 Å². The van der Waals surface area contributed by atoms with E-state index in [1.807, 2.05) is 20.8 Å². The molecule has 0 aromatic carbocycles. The van der Waals surface area contributed by atoms with Crippen molar-refractivity contribution >= 4 is 12.0 Å². The van der Waals surface area contributed by atoms with Gasteiger partial charge < -0.3 is 15.0 Å². The molecule has 3 heterocycles. The highest BCUT2D eigenvalue weighted by molar-refractivity contribution is 5.68. The molecule has 3 rings (SSSR count). The van der Waals surface area contributed by atoms with Gasteiger partial charge in [0.2, 0.25) is 5.95 Å². The van der Waals surface area contributed by atoms with Gasteiger partial charge in [-0.05, 0) is 33.3 Å². The Labute approximate surface area is 155 Å². The first-order chi connectivity index (χ1) is 12.5. The summed E-state index contributed by atoms with van der Waals surface area (Å²) in [6, 6.07) is 0.911. The van der Waals surface area contributed by atoms with Crippen LogP contribution in [0.1, 0.15) is 32.9 Å². The van der Waals surface area contributed by atoms with Crippen LogP contribution >= 0.6 is 0 Å². The Hall–Kier alpha value is -2.10. The lowest BCUT2D eigenvalue weighted by atomic mass is 10.1. The van der Waals surface area contributed by atoms with Gasteiger partial charge in [-0.3, -0.25) is 4.90 Å². The monoisotopic (exact) mass is 387 g/mol. The maximum atomic E-state index is 12.8. The van der Waals surface area contributed by atoms with E-state index < -0.39 is 17.5 Å². The molecule has 0 spiro atoms. The molecule has 2 aliphatic rings. The number of alkyl halides is 3. The zero-order valence-corrected chi connectivity index (χ0v) is 15.6. The Morgan fingerprint density at radius 1 is 1.26 bits per heavy atom.